The van der Waals surface area contributed by atoms with E-state index >= 15 is 0 Å². The van der Waals surface area contributed by atoms with E-state index in [1.165, 1.54) is 13.8 Å². The van der Waals surface area contributed by atoms with Gasteiger partial charge in [-0.25, -0.2) is 0 Å². The molecule has 22 heavy (non-hydrogen) atoms. The third kappa shape index (κ3) is 3.58. The van der Waals surface area contributed by atoms with E-state index in [9.17, 15) is 22.8 Å². The predicted octanol–water partition coefficient (Wildman–Crippen LogP) is 3.09. The van der Waals surface area contributed by atoms with Crippen molar-refractivity contribution in [2.75, 3.05) is 13.2 Å². The number of carbonyl (C=O) groups is 2. The maximum Gasteiger partial charge on any atom is 0.416 e. The highest BCUT2D eigenvalue weighted by molar-refractivity contribution is 6.05. The third-order valence-corrected chi connectivity index (χ3v) is 2.93. The van der Waals surface area contributed by atoms with Gasteiger partial charge in [-0.15, -0.1) is 0 Å². The minimum atomic E-state index is -4.98. The molecule has 0 heterocycles. The molecule has 0 aliphatic carbocycles. The molecule has 0 spiro atoms. The van der Waals surface area contributed by atoms with Crippen molar-refractivity contribution < 1.29 is 35.0 Å². The van der Waals surface area contributed by atoms with Crippen molar-refractivity contribution in [3.05, 3.63) is 35.3 Å². The maximum atomic E-state index is 13.1. The van der Waals surface area contributed by atoms with Crippen molar-refractivity contribution in [3.63, 3.8) is 0 Å². The molecule has 0 unspecified atom stereocenters. The Balaban J connectivity index is 3.67. The number of esters is 2. The fourth-order valence-corrected chi connectivity index (χ4v) is 1.72. The van der Waals surface area contributed by atoms with Gasteiger partial charge < -0.3 is 9.47 Å². The number of carbonyl (C=O) groups excluding carboxylic acids is 2. The molecule has 0 atom stereocenters. The standard InChI is InChI=1S/C15H17F3O4/c1-4-21-12(19)14(3,13(20)22-5-2)10-7-6-8-11(9-10)15(16,17)18/h6-9H,4-5H2,1-3H3/i8D,9D. The lowest BCUT2D eigenvalue weighted by molar-refractivity contribution is -0.164. The summed E-state index contributed by atoms with van der Waals surface area (Å²) < 4.78 is 64.1. The number of benzene rings is 1. The first-order valence-electron chi connectivity index (χ1n) is 7.54. The zero-order valence-electron chi connectivity index (χ0n) is 14.3. The highest BCUT2D eigenvalue weighted by Gasteiger charge is 2.47. The number of ether oxygens (including phenoxy) is 2. The highest BCUT2D eigenvalue weighted by Crippen LogP contribution is 2.34. The first-order valence-corrected chi connectivity index (χ1v) is 6.54. The second-order valence-electron chi connectivity index (χ2n) is 4.46. The number of rotatable bonds is 5. The Morgan fingerprint density at radius 2 is 1.64 bits per heavy atom. The quantitative estimate of drug-likeness (QED) is 0.618. The molecule has 0 N–H and O–H groups in total. The zero-order valence-corrected chi connectivity index (χ0v) is 12.3. The summed E-state index contributed by atoms with van der Waals surface area (Å²) in [5, 5.41) is 0. The van der Waals surface area contributed by atoms with E-state index in [1.54, 1.807) is 0 Å². The monoisotopic (exact) mass is 320 g/mol. The Kier molecular flexibility index (Phi) is 4.60. The molecule has 7 heteroatoms. The zero-order chi connectivity index (χ0) is 18.7. The minimum absolute atomic E-state index is 0.107. The van der Waals surface area contributed by atoms with Crippen LogP contribution in [0, 0.1) is 0 Å². The largest absolute Gasteiger partial charge is 0.465 e. The van der Waals surface area contributed by atoms with E-state index in [4.69, 9.17) is 12.2 Å². The van der Waals surface area contributed by atoms with Crippen LogP contribution in [-0.2, 0) is 30.7 Å². The summed E-state index contributed by atoms with van der Waals surface area (Å²) >= 11 is 0. The van der Waals surface area contributed by atoms with Gasteiger partial charge in [0, 0.05) is 0 Å². The molecular formula is C15H17F3O4. The Bertz CT molecular complexity index is 626. The van der Waals surface area contributed by atoms with Crippen LogP contribution < -0.4 is 0 Å². The second kappa shape index (κ2) is 6.81. The van der Waals surface area contributed by atoms with Gasteiger partial charge in [0.2, 0.25) is 0 Å². The first kappa shape index (κ1) is 14.9. The van der Waals surface area contributed by atoms with Crippen LogP contribution in [0.15, 0.2) is 24.2 Å². The molecular weight excluding hydrogens is 301 g/mol. The van der Waals surface area contributed by atoms with Crippen molar-refractivity contribution >= 4 is 11.9 Å². The molecule has 0 saturated heterocycles. The van der Waals surface area contributed by atoms with Crippen LogP contribution in [0.3, 0.4) is 0 Å². The fraction of sp³-hybridized carbons (Fsp3) is 0.467. The molecule has 0 fully saturated rings. The maximum absolute atomic E-state index is 13.1. The van der Waals surface area contributed by atoms with E-state index in [0.29, 0.717) is 0 Å². The van der Waals surface area contributed by atoms with Crippen LogP contribution in [0.4, 0.5) is 13.2 Å². The topological polar surface area (TPSA) is 52.6 Å². The molecule has 122 valence electrons. The third-order valence-electron chi connectivity index (χ3n) is 2.93. The van der Waals surface area contributed by atoms with E-state index in [-0.39, 0.29) is 13.2 Å². The summed E-state index contributed by atoms with van der Waals surface area (Å²) in [4.78, 5) is 24.5. The predicted molar refractivity (Wildman–Crippen MR) is 72.1 cm³/mol. The molecule has 1 rings (SSSR count). The van der Waals surface area contributed by atoms with Gasteiger partial charge in [-0.05, 0) is 32.4 Å². The molecule has 0 aliphatic rings. The second-order valence-corrected chi connectivity index (χ2v) is 4.46. The Hall–Kier alpha value is -2.05. The Labute approximate surface area is 129 Å². The summed E-state index contributed by atoms with van der Waals surface area (Å²) in [5.41, 5.74) is -4.29. The molecule has 4 nitrogen and oxygen atoms in total. The number of halogens is 3. The van der Waals surface area contributed by atoms with Gasteiger partial charge in [0.05, 0.1) is 21.5 Å². The lowest BCUT2D eigenvalue weighted by atomic mass is 9.81. The summed E-state index contributed by atoms with van der Waals surface area (Å²) in [6, 6.07) is -0.300. The summed E-state index contributed by atoms with van der Waals surface area (Å²) in [7, 11) is 0. The molecule has 0 aliphatic heterocycles. The molecule has 0 bridgehead atoms. The first-order chi connectivity index (χ1) is 11.0. The van der Waals surface area contributed by atoms with E-state index < -0.39 is 46.7 Å². The van der Waals surface area contributed by atoms with Crippen molar-refractivity contribution in [1.29, 1.82) is 0 Å². The smallest absolute Gasteiger partial charge is 0.416 e. The van der Waals surface area contributed by atoms with Gasteiger partial charge in [0.15, 0.2) is 5.41 Å². The van der Waals surface area contributed by atoms with Crippen LogP contribution in [-0.4, -0.2) is 25.2 Å². The van der Waals surface area contributed by atoms with Crippen molar-refractivity contribution in [1.82, 2.24) is 0 Å². The van der Waals surface area contributed by atoms with Crippen LogP contribution in [0.1, 0.15) is 34.6 Å². The molecule has 0 amide bonds. The lowest BCUT2D eigenvalue weighted by Crippen LogP contribution is -2.43. The van der Waals surface area contributed by atoms with Gasteiger partial charge in [0.25, 0.3) is 0 Å². The van der Waals surface area contributed by atoms with Crippen LogP contribution >= 0.6 is 0 Å². The normalized spacial score (nSPS) is 13.2. The van der Waals surface area contributed by atoms with Gasteiger partial charge in [-0.1, -0.05) is 18.2 Å². The minimum Gasteiger partial charge on any atom is -0.465 e. The number of alkyl halides is 3. The fourth-order valence-electron chi connectivity index (χ4n) is 1.72. The summed E-state index contributed by atoms with van der Waals surface area (Å²) in [5.74, 6) is -2.24. The van der Waals surface area contributed by atoms with Crippen LogP contribution in [0.2, 0.25) is 0 Å². The average molecular weight is 320 g/mol. The van der Waals surface area contributed by atoms with Gasteiger partial charge >= 0.3 is 18.1 Å². The summed E-state index contributed by atoms with van der Waals surface area (Å²) in [6.07, 6.45) is -4.98. The van der Waals surface area contributed by atoms with Crippen LogP contribution in [0.25, 0.3) is 0 Å². The van der Waals surface area contributed by atoms with Gasteiger partial charge in [-0.3, -0.25) is 9.59 Å². The Morgan fingerprint density at radius 1 is 1.14 bits per heavy atom. The van der Waals surface area contributed by atoms with Crippen molar-refractivity contribution in [2.45, 2.75) is 32.4 Å². The molecule has 1 aromatic rings. The van der Waals surface area contributed by atoms with Crippen molar-refractivity contribution in [3.8, 4) is 0 Å². The van der Waals surface area contributed by atoms with Crippen LogP contribution in [0.5, 0.6) is 0 Å². The number of hydrogen-bond donors (Lipinski definition) is 0. The highest BCUT2D eigenvalue weighted by atomic mass is 19.4. The number of hydrogen-bond acceptors (Lipinski definition) is 4. The molecule has 1 aromatic carbocycles. The van der Waals surface area contributed by atoms with Gasteiger partial charge in [0.1, 0.15) is 0 Å². The molecule has 0 radical (unpaired) electrons. The SMILES string of the molecule is [2H]c1ccc(C(C)(C(=O)OCC)C(=O)OCC)c([2H])c1C(F)(F)F. The van der Waals surface area contributed by atoms with E-state index in [1.807, 2.05) is 0 Å². The summed E-state index contributed by atoms with van der Waals surface area (Å²) in [6.45, 7) is 3.77. The molecule has 0 saturated carbocycles. The van der Waals surface area contributed by atoms with E-state index in [2.05, 4.69) is 0 Å². The molecule has 0 aromatic heterocycles. The lowest BCUT2D eigenvalue weighted by Gasteiger charge is -2.26. The van der Waals surface area contributed by atoms with Gasteiger partial charge in [-0.2, -0.15) is 13.2 Å². The average Bonchev–Trinajstić information content (AvgIpc) is 2.45. The van der Waals surface area contributed by atoms with E-state index in [0.717, 1.165) is 19.1 Å². The Morgan fingerprint density at radius 3 is 2.05 bits per heavy atom. The van der Waals surface area contributed by atoms with Crippen molar-refractivity contribution in [2.24, 2.45) is 0 Å².